The van der Waals surface area contributed by atoms with Crippen molar-refractivity contribution < 1.29 is 9.47 Å². The highest BCUT2D eigenvalue weighted by molar-refractivity contribution is 5.75. The van der Waals surface area contributed by atoms with E-state index in [1.54, 1.807) is 6.21 Å². The Morgan fingerprint density at radius 2 is 2.06 bits per heavy atom. The van der Waals surface area contributed by atoms with E-state index in [9.17, 15) is 0 Å². The van der Waals surface area contributed by atoms with Gasteiger partial charge in [0.25, 0.3) is 0 Å². The Hall–Kier alpha value is -2.45. The molecule has 2 aliphatic rings. The van der Waals surface area contributed by atoms with Crippen LogP contribution in [0.3, 0.4) is 0 Å². The van der Waals surface area contributed by atoms with E-state index in [2.05, 4.69) is 77.3 Å². The van der Waals surface area contributed by atoms with Gasteiger partial charge in [-0.1, -0.05) is 38.2 Å². The lowest BCUT2D eigenvalue weighted by atomic mass is 9.85. The van der Waals surface area contributed by atoms with E-state index in [0.29, 0.717) is 30.1 Å². The maximum Gasteiger partial charge on any atom is 0.219 e. The maximum absolute atomic E-state index is 6.05. The zero-order valence-electron chi connectivity index (χ0n) is 21.3. The zero-order chi connectivity index (χ0) is 24.2. The molecule has 188 valence electrons. The van der Waals surface area contributed by atoms with Crippen LogP contribution >= 0.6 is 0 Å². The van der Waals surface area contributed by atoms with Gasteiger partial charge in [0.05, 0.1) is 19.4 Å². The van der Waals surface area contributed by atoms with Crippen molar-refractivity contribution in [3.63, 3.8) is 0 Å². The van der Waals surface area contributed by atoms with Crippen LogP contribution in [0.25, 0.3) is 0 Å². The summed E-state index contributed by atoms with van der Waals surface area (Å²) in [6, 6.07) is 2.19. The monoisotopic (exact) mass is 470 g/mol. The molecule has 1 aromatic rings. The Kier molecular flexibility index (Phi) is 10.8. The second-order valence-electron chi connectivity index (χ2n) is 9.12. The molecule has 8 heteroatoms. The average molecular weight is 471 g/mol. The lowest BCUT2D eigenvalue weighted by molar-refractivity contribution is 0.0320. The number of ether oxygens (including phenoxy) is 2. The fraction of sp³-hybridized carbons (Fsp3) is 0.654. The van der Waals surface area contributed by atoms with Gasteiger partial charge in [0, 0.05) is 44.8 Å². The van der Waals surface area contributed by atoms with Crippen molar-refractivity contribution in [2.75, 3.05) is 57.4 Å². The molecular formula is C26H42N6O2. The summed E-state index contributed by atoms with van der Waals surface area (Å²) in [4.78, 5) is 13.9. The van der Waals surface area contributed by atoms with Crippen LogP contribution in [0.4, 0.5) is 5.82 Å². The fourth-order valence-corrected chi connectivity index (χ4v) is 4.27. The summed E-state index contributed by atoms with van der Waals surface area (Å²) in [5.74, 6) is 3.11. The molecule has 1 N–H and O–H groups in total. The second kappa shape index (κ2) is 14.1. The average Bonchev–Trinajstić information content (AvgIpc) is 2.84. The molecule has 1 fully saturated rings. The molecule has 0 amide bonds. The molecule has 0 spiro atoms. The lowest BCUT2D eigenvalue weighted by Gasteiger charge is -2.26. The third-order valence-corrected chi connectivity index (χ3v) is 6.33. The molecule has 3 rings (SSSR count). The van der Waals surface area contributed by atoms with Gasteiger partial charge < -0.3 is 19.8 Å². The summed E-state index contributed by atoms with van der Waals surface area (Å²) in [6.07, 6.45) is 12.6. The van der Waals surface area contributed by atoms with Gasteiger partial charge in [-0.2, -0.15) is 10.1 Å². The van der Waals surface area contributed by atoms with Crippen LogP contribution in [0.2, 0.25) is 0 Å². The summed E-state index contributed by atoms with van der Waals surface area (Å²) in [5.41, 5.74) is 3.25. The van der Waals surface area contributed by atoms with Crippen LogP contribution in [0.15, 0.2) is 35.5 Å². The van der Waals surface area contributed by atoms with Gasteiger partial charge in [-0.05, 0) is 38.5 Å². The largest absolute Gasteiger partial charge is 0.476 e. The summed E-state index contributed by atoms with van der Waals surface area (Å²) < 4.78 is 11.5. The normalized spacial score (nSPS) is 21.6. The molecule has 1 aliphatic heterocycles. The minimum Gasteiger partial charge on any atom is -0.476 e. The molecule has 0 bridgehead atoms. The van der Waals surface area contributed by atoms with Crippen LogP contribution in [0.1, 0.15) is 46.4 Å². The first kappa shape index (κ1) is 26.2. The van der Waals surface area contributed by atoms with Crippen molar-refractivity contribution in [1.82, 2.24) is 20.3 Å². The number of hydrazone groups is 1. The van der Waals surface area contributed by atoms with Gasteiger partial charge in [-0.3, -0.25) is 4.90 Å². The van der Waals surface area contributed by atoms with Crippen LogP contribution in [-0.2, 0) is 4.74 Å². The summed E-state index contributed by atoms with van der Waals surface area (Å²) in [6.45, 7) is 15.5. The first-order valence-electron chi connectivity index (χ1n) is 12.8. The van der Waals surface area contributed by atoms with Gasteiger partial charge in [0.15, 0.2) is 5.82 Å². The van der Waals surface area contributed by atoms with Gasteiger partial charge in [0.2, 0.25) is 5.88 Å². The van der Waals surface area contributed by atoms with E-state index < -0.39 is 0 Å². The molecule has 3 unspecified atom stereocenters. The third kappa shape index (κ3) is 8.40. The van der Waals surface area contributed by atoms with E-state index in [1.807, 2.05) is 6.07 Å². The number of morpholine rings is 1. The van der Waals surface area contributed by atoms with Gasteiger partial charge in [-0.15, -0.1) is 0 Å². The van der Waals surface area contributed by atoms with Gasteiger partial charge in [0.1, 0.15) is 12.4 Å². The van der Waals surface area contributed by atoms with Crippen LogP contribution in [-0.4, -0.2) is 79.7 Å². The highest BCUT2D eigenvalue weighted by Crippen LogP contribution is 2.23. The van der Waals surface area contributed by atoms with E-state index in [0.717, 1.165) is 64.6 Å². The first-order chi connectivity index (χ1) is 16.6. The number of nitrogens with one attached hydrogen (secondary N) is 1. The number of aromatic nitrogens is 2. The first-order valence-corrected chi connectivity index (χ1v) is 12.8. The van der Waals surface area contributed by atoms with Crippen LogP contribution in [0, 0.1) is 11.8 Å². The molecule has 8 nitrogen and oxygen atoms in total. The number of allylic oxidation sites excluding steroid dienone is 4. The summed E-state index contributed by atoms with van der Waals surface area (Å²) >= 11 is 0. The van der Waals surface area contributed by atoms with Crippen molar-refractivity contribution >= 4 is 12.0 Å². The van der Waals surface area contributed by atoms with Crippen molar-refractivity contribution in [3.8, 4) is 5.88 Å². The Morgan fingerprint density at radius 3 is 2.79 bits per heavy atom. The molecule has 0 aromatic carbocycles. The van der Waals surface area contributed by atoms with E-state index in [-0.39, 0.29) is 6.04 Å². The van der Waals surface area contributed by atoms with Crippen molar-refractivity contribution in [1.29, 1.82) is 0 Å². The number of anilines is 1. The number of hydrogen-bond donors (Lipinski definition) is 1. The highest BCUT2D eigenvalue weighted by Gasteiger charge is 2.17. The minimum absolute atomic E-state index is 0.250. The minimum atomic E-state index is 0.250. The van der Waals surface area contributed by atoms with Crippen LogP contribution < -0.4 is 15.1 Å². The standard InChI is InChI=1S/C26H42N6O2/c1-5-11-32(6-2)25-19-26(34-17-14-31-12-15-33-16-13-31)29-24(28-25)20-27-30-22(4)18-23-10-8-7-9-21(23)3/h7-10,19-23,30H,5-6,11-18H2,1-4H3/b27-20+. The summed E-state index contributed by atoms with van der Waals surface area (Å²) in [5, 5.41) is 4.46. The molecule has 1 saturated heterocycles. The topological polar surface area (TPSA) is 75.1 Å². The predicted molar refractivity (Wildman–Crippen MR) is 139 cm³/mol. The summed E-state index contributed by atoms with van der Waals surface area (Å²) in [7, 11) is 0. The predicted octanol–water partition coefficient (Wildman–Crippen LogP) is 3.50. The highest BCUT2D eigenvalue weighted by atomic mass is 16.5. The van der Waals surface area contributed by atoms with Crippen molar-refractivity contribution in [2.24, 2.45) is 16.9 Å². The Bertz CT molecular complexity index is 822. The Balaban J connectivity index is 1.61. The molecule has 0 radical (unpaired) electrons. The molecule has 2 heterocycles. The molecular weight excluding hydrogens is 428 g/mol. The second-order valence-corrected chi connectivity index (χ2v) is 9.12. The Morgan fingerprint density at radius 1 is 1.26 bits per heavy atom. The van der Waals surface area contributed by atoms with Crippen LogP contribution in [0.5, 0.6) is 5.88 Å². The number of rotatable bonds is 13. The molecule has 0 saturated carbocycles. The van der Waals surface area contributed by atoms with E-state index in [4.69, 9.17) is 14.5 Å². The third-order valence-electron chi connectivity index (χ3n) is 6.33. The SMILES string of the molecule is CCCN(CC)c1cc(OCCN2CCOCC2)nc(/C=N/NC(C)CC2C=CC=CC2C)n1. The van der Waals surface area contributed by atoms with Gasteiger partial charge in [-0.25, -0.2) is 4.98 Å². The van der Waals surface area contributed by atoms with Crippen molar-refractivity contribution in [2.45, 2.75) is 46.6 Å². The van der Waals surface area contributed by atoms with E-state index in [1.165, 1.54) is 0 Å². The quantitative estimate of drug-likeness (QED) is 0.349. The van der Waals surface area contributed by atoms with E-state index >= 15 is 0 Å². The lowest BCUT2D eigenvalue weighted by Crippen LogP contribution is -2.38. The zero-order valence-corrected chi connectivity index (χ0v) is 21.3. The van der Waals surface area contributed by atoms with Gasteiger partial charge >= 0.3 is 0 Å². The molecule has 3 atom stereocenters. The number of nitrogens with zero attached hydrogens (tertiary/aromatic N) is 5. The number of hydrogen-bond acceptors (Lipinski definition) is 8. The fourth-order valence-electron chi connectivity index (χ4n) is 4.27. The molecule has 1 aromatic heterocycles. The Labute approximate surface area is 205 Å². The molecule has 1 aliphatic carbocycles. The smallest absolute Gasteiger partial charge is 0.219 e. The molecule has 34 heavy (non-hydrogen) atoms. The maximum atomic E-state index is 6.05. The van der Waals surface area contributed by atoms with Crippen molar-refractivity contribution in [3.05, 3.63) is 36.2 Å².